The first-order valence-corrected chi connectivity index (χ1v) is 7.21. The highest BCUT2D eigenvalue weighted by Crippen LogP contribution is 2.06. The number of nitrogens with one attached hydrogen (secondary N) is 2. The zero-order valence-electron chi connectivity index (χ0n) is 12.8. The highest BCUT2D eigenvalue weighted by atomic mass is 35.5. The van der Waals surface area contributed by atoms with Crippen LogP contribution in [-0.2, 0) is 11.2 Å². The Labute approximate surface area is 137 Å². The average molecular weight is 329 g/mol. The summed E-state index contributed by atoms with van der Waals surface area (Å²) in [5.74, 6) is -0.197. The number of anilines is 1. The van der Waals surface area contributed by atoms with E-state index in [9.17, 15) is 9.59 Å². The van der Waals surface area contributed by atoms with Crippen LogP contribution in [0.5, 0.6) is 0 Å². The summed E-state index contributed by atoms with van der Waals surface area (Å²) in [6, 6.07) is 6.28. The van der Waals surface area contributed by atoms with Gasteiger partial charge in [-0.3, -0.25) is 4.79 Å². The molecule has 1 aromatic rings. The van der Waals surface area contributed by atoms with Crippen molar-refractivity contribution in [1.29, 1.82) is 0 Å². The van der Waals surface area contributed by atoms with E-state index in [1.807, 2.05) is 31.2 Å². The van der Waals surface area contributed by atoms with Gasteiger partial charge in [0.1, 0.15) is 6.04 Å². The Bertz CT molecular complexity index is 465. The second-order valence-electron chi connectivity index (χ2n) is 4.99. The van der Waals surface area contributed by atoms with Crippen LogP contribution in [0.15, 0.2) is 24.3 Å². The number of nitrogens with two attached hydrogens (primary N) is 2. The number of amides is 3. The number of rotatable bonds is 8. The highest BCUT2D eigenvalue weighted by molar-refractivity contribution is 5.86. The largest absolute Gasteiger partial charge is 0.399 e. The van der Waals surface area contributed by atoms with E-state index in [1.54, 1.807) is 0 Å². The zero-order chi connectivity index (χ0) is 15.7. The molecule has 0 radical (unpaired) electrons. The number of benzene rings is 1. The van der Waals surface area contributed by atoms with Crippen molar-refractivity contribution in [3.05, 3.63) is 29.8 Å². The van der Waals surface area contributed by atoms with Gasteiger partial charge in [-0.2, -0.15) is 0 Å². The van der Waals surface area contributed by atoms with Gasteiger partial charge < -0.3 is 22.1 Å². The number of urea groups is 1. The number of carbonyl (C=O) groups excluding carboxylic acids is 2. The van der Waals surface area contributed by atoms with Crippen LogP contribution < -0.4 is 22.1 Å². The molecule has 6 N–H and O–H groups in total. The van der Waals surface area contributed by atoms with Gasteiger partial charge in [0, 0.05) is 12.2 Å². The fourth-order valence-corrected chi connectivity index (χ4v) is 1.99. The first kappa shape index (κ1) is 20.1. The molecule has 0 spiro atoms. The summed E-state index contributed by atoms with van der Waals surface area (Å²) in [7, 11) is 0. The number of hydrogen-bond acceptors (Lipinski definition) is 3. The maximum atomic E-state index is 12.0. The summed E-state index contributed by atoms with van der Waals surface area (Å²) >= 11 is 0. The molecule has 0 heterocycles. The highest BCUT2D eigenvalue weighted by Gasteiger charge is 2.18. The molecule has 0 fully saturated rings. The molecule has 0 aliphatic rings. The van der Waals surface area contributed by atoms with Crippen LogP contribution in [0, 0.1) is 0 Å². The second kappa shape index (κ2) is 10.7. The van der Waals surface area contributed by atoms with Crippen molar-refractivity contribution in [2.45, 2.75) is 38.6 Å². The third-order valence-corrected chi connectivity index (χ3v) is 3.17. The van der Waals surface area contributed by atoms with E-state index in [4.69, 9.17) is 11.5 Å². The van der Waals surface area contributed by atoms with Crippen molar-refractivity contribution < 1.29 is 9.59 Å². The molecule has 0 bridgehead atoms. The van der Waals surface area contributed by atoms with Crippen LogP contribution in [0.25, 0.3) is 0 Å². The van der Waals surface area contributed by atoms with E-state index in [0.717, 1.165) is 18.4 Å². The fourth-order valence-electron chi connectivity index (χ4n) is 1.99. The van der Waals surface area contributed by atoms with Crippen molar-refractivity contribution in [3.8, 4) is 0 Å². The predicted octanol–water partition coefficient (Wildman–Crippen LogP) is 1.58. The average Bonchev–Trinajstić information content (AvgIpc) is 2.45. The molecule has 22 heavy (non-hydrogen) atoms. The molecule has 1 rings (SSSR count). The van der Waals surface area contributed by atoms with E-state index < -0.39 is 12.1 Å². The van der Waals surface area contributed by atoms with E-state index in [0.29, 0.717) is 25.1 Å². The van der Waals surface area contributed by atoms with Crippen LogP contribution in [0.1, 0.15) is 31.7 Å². The SMILES string of the molecule is CCCCC(NC(N)=O)C(=O)NCCc1ccc(N)cc1.Cl. The van der Waals surface area contributed by atoms with Gasteiger partial charge in [-0.15, -0.1) is 12.4 Å². The third kappa shape index (κ3) is 7.73. The van der Waals surface area contributed by atoms with E-state index in [-0.39, 0.29) is 18.3 Å². The van der Waals surface area contributed by atoms with Gasteiger partial charge in [-0.25, -0.2) is 4.79 Å². The minimum atomic E-state index is -0.676. The molecule has 0 aromatic heterocycles. The van der Waals surface area contributed by atoms with Crippen LogP contribution in [0.3, 0.4) is 0 Å². The molecule has 6 nitrogen and oxygen atoms in total. The summed E-state index contributed by atoms with van der Waals surface area (Å²) in [4.78, 5) is 23.0. The van der Waals surface area contributed by atoms with Gasteiger partial charge in [0.05, 0.1) is 0 Å². The lowest BCUT2D eigenvalue weighted by atomic mass is 10.1. The Kier molecular flexibility index (Phi) is 9.78. The normalized spacial score (nSPS) is 11.1. The van der Waals surface area contributed by atoms with Gasteiger partial charge in [0.25, 0.3) is 0 Å². The third-order valence-electron chi connectivity index (χ3n) is 3.17. The molecule has 1 unspecified atom stereocenters. The molecular weight excluding hydrogens is 304 g/mol. The number of unbranched alkanes of at least 4 members (excludes halogenated alkanes) is 1. The van der Waals surface area contributed by atoms with Crippen molar-refractivity contribution >= 4 is 30.0 Å². The molecule has 0 saturated carbocycles. The van der Waals surface area contributed by atoms with Crippen LogP contribution in [0.2, 0.25) is 0 Å². The molecule has 1 aromatic carbocycles. The van der Waals surface area contributed by atoms with Crippen LogP contribution in [0.4, 0.5) is 10.5 Å². The summed E-state index contributed by atoms with van der Waals surface area (Å²) in [5, 5.41) is 5.30. The minimum Gasteiger partial charge on any atom is -0.399 e. The Morgan fingerprint density at radius 2 is 1.86 bits per heavy atom. The molecular formula is C15H25ClN4O2. The van der Waals surface area contributed by atoms with E-state index >= 15 is 0 Å². The van der Waals surface area contributed by atoms with Crippen LogP contribution in [-0.4, -0.2) is 24.5 Å². The number of hydrogen-bond donors (Lipinski definition) is 4. The van der Waals surface area contributed by atoms with Crippen molar-refractivity contribution in [1.82, 2.24) is 10.6 Å². The Balaban J connectivity index is 0.00000441. The fraction of sp³-hybridized carbons (Fsp3) is 0.467. The standard InChI is InChI=1S/C15H24N4O2.ClH/c1-2-3-4-13(19-15(17)21)14(20)18-10-9-11-5-7-12(16)8-6-11;/h5-8,13H,2-4,9-10,16H2,1H3,(H,18,20)(H3,17,19,21);1H. The maximum Gasteiger partial charge on any atom is 0.312 e. The summed E-state index contributed by atoms with van der Waals surface area (Å²) < 4.78 is 0. The first-order valence-electron chi connectivity index (χ1n) is 7.21. The molecule has 1 atom stereocenters. The van der Waals surface area contributed by atoms with Gasteiger partial charge in [-0.05, 0) is 30.5 Å². The summed E-state index contributed by atoms with van der Waals surface area (Å²) in [6.07, 6.45) is 3.11. The van der Waals surface area contributed by atoms with Gasteiger partial charge in [0.2, 0.25) is 5.91 Å². The number of nitrogen functional groups attached to an aromatic ring is 1. The topological polar surface area (TPSA) is 110 Å². The van der Waals surface area contributed by atoms with E-state index in [1.165, 1.54) is 0 Å². The monoisotopic (exact) mass is 328 g/mol. The minimum absolute atomic E-state index is 0. The second-order valence-corrected chi connectivity index (χ2v) is 4.99. The Hall–Kier alpha value is -1.95. The van der Waals surface area contributed by atoms with Gasteiger partial charge >= 0.3 is 6.03 Å². The lowest BCUT2D eigenvalue weighted by Gasteiger charge is -2.17. The van der Waals surface area contributed by atoms with E-state index in [2.05, 4.69) is 10.6 Å². The van der Waals surface area contributed by atoms with Gasteiger partial charge in [-0.1, -0.05) is 31.9 Å². The number of carbonyl (C=O) groups is 2. The van der Waals surface area contributed by atoms with Crippen LogP contribution >= 0.6 is 12.4 Å². The van der Waals surface area contributed by atoms with Crippen molar-refractivity contribution in [2.24, 2.45) is 5.73 Å². The lowest BCUT2D eigenvalue weighted by molar-refractivity contribution is -0.123. The smallest absolute Gasteiger partial charge is 0.312 e. The summed E-state index contributed by atoms with van der Waals surface area (Å²) in [5.41, 5.74) is 12.5. The first-order chi connectivity index (χ1) is 10.0. The quantitative estimate of drug-likeness (QED) is 0.544. The Morgan fingerprint density at radius 1 is 1.23 bits per heavy atom. The number of primary amides is 1. The molecule has 124 valence electrons. The predicted molar refractivity (Wildman–Crippen MR) is 90.8 cm³/mol. The van der Waals surface area contributed by atoms with Crippen molar-refractivity contribution in [2.75, 3.05) is 12.3 Å². The lowest BCUT2D eigenvalue weighted by Crippen LogP contribution is -2.48. The molecule has 0 saturated heterocycles. The molecule has 3 amide bonds. The zero-order valence-corrected chi connectivity index (χ0v) is 13.6. The van der Waals surface area contributed by atoms with Crippen molar-refractivity contribution in [3.63, 3.8) is 0 Å². The molecule has 0 aliphatic carbocycles. The maximum absolute atomic E-state index is 12.0. The molecule has 0 aliphatic heterocycles. The van der Waals surface area contributed by atoms with Gasteiger partial charge in [0.15, 0.2) is 0 Å². The summed E-state index contributed by atoms with van der Waals surface area (Å²) in [6.45, 7) is 2.53. The number of halogens is 1. The Morgan fingerprint density at radius 3 is 2.41 bits per heavy atom. The molecule has 7 heteroatoms.